The number of pyridine rings is 3. The quantitative estimate of drug-likeness (QED) is 0.415. The standard InChI is InChI=1S/C26H18N6/c1-4-17(31-21-8-12-27-15-19(21)25-23(31)6-2-10-29-25)14-18(5-1)32-22-9-13-28-16-20(22)26-24(32)7-3-11-30-26/h1-10,12-16,30H,11H2. The molecule has 1 aliphatic rings. The zero-order valence-corrected chi connectivity index (χ0v) is 17.1. The molecule has 6 nitrogen and oxygen atoms in total. The minimum atomic E-state index is 0.823. The fraction of sp³-hybridized carbons (Fsp3) is 0.0385. The third-order valence-electron chi connectivity index (χ3n) is 6.15. The zero-order chi connectivity index (χ0) is 21.1. The molecule has 0 amide bonds. The van der Waals surface area contributed by atoms with Crippen LogP contribution in [0.25, 0.3) is 50.3 Å². The molecule has 0 fully saturated rings. The van der Waals surface area contributed by atoms with Crippen molar-refractivity contribution in [2.24, 2.45) is 0 Å². The molecule has 0 aliphatic carbocycles. The van der Waals surface area contributed by atoms with Gasteiger partial charge in [-0.25, -0.2) is 0 Å². The average molecular weight is 414 g/mol. The Morgan fingerprint density at radius 3 is 2.41 bits per heavy atom. The number of anilines is 1. The van der Waals surface area contributed by atoms with E-state index in [1.165, 1.54) is 0 Å². The van der Waals surface area contributed by atoms with Gasteiger partial charge in [0, 0.05) is 59.7 Å². The molecule has 0 saturated carbocycles. The molecule has 0 unspecified atom stereocenters. The Hall–Kier alpha value is -4.45. The maximum atomic E-state index is 4.64. The average Bonchev–Trinajstić information content (AvgIpc) is 3.37. The Morgan fingerprint density at radius 1 is 0.750 bits per heavy atom. The van der Waals surface area contributed by atoms with E-state index < -0.39 is 0 Å². The van der Waals surface area contributed by atoms with Gasteiger partial charge in [0.15, 0.2) is 0 Å². The van der Waals surface area contributed by atoms with E-state index in [0.29, 0.717) is 0 Å². The van der Waals surface area contributed by atoms with Gasteiger partial charge < -0.3 is 14.5 Å². The molecule has 0 radical (unpaired) electrons. The van der Waals surface area contributed by atoms with Crippen LogP contribution in [0.2, 0.25) is 0 Å². The molecule has 7 rings (SSSR count). The molecule has 1 aromatic carbocycles. The number of rotatable bonds is 2. The highest BCUT2D eigenvalue weighted by atomic mass is 15.1. The van der Waals surface area contributed by atoms with Crippen LogP contribution in [-0.4, -0.2) is 30.6 Å². The summed E-state index contributed by atoms with van der Waals surface area (Å²) in [5.74, 6) is 0. The van der Waals surface area contributed by atoms with E-state index in [9.17, 15) is 0 Å². The van der Waals surface area contributed by atoms with Gasteiger partial charge in [-0.2, -0.15) is 0 Å². The first kappa shape index (κ1) is 17.3. The number of hydrogen-bond acceptors (Lipinski definition) is 4. The molecule has 32 heavy (non-hydrogen) atoms. The summed E-state index contributed by atoms with van der Waals surface area (Å²) in [4.78, 5) is 13.3. The third kappa shape index (κ3) is 2.32. The van der Waals surface area contributed by atoms with E-state index in [0.717, 1.165) is 62.1 Å². The molecule has 0 spiro atoms. The lowest BCUT2D eigenvalue weighted by Gasteiger charge is -2.15. The van der Waals surface area contributed by atoms with Crippen LogP contribution in [0.1, 0.15) is 5.69 Å². The van der Waals surface area contributed by atoms with E-state index >= 15 is 0 Å². The molecular weight excluding hydrogens is 396 g/mol. The summed E-state index contributed by atoms with van der Waals surface area (Å²) in [5, 5.41) is 5.70. The Labute approximate surface area is 183 Å². The molecule has 152 valence electrons. The van der Waals surface area contributed by atoms with Crippen molar-refractivity contribution in [3.8, 4) is 11.4 Å². The number of hydrogen-bond donors (Lipinski definition) is 1. The van der Waals surface area contributed by atoms with Gasteiger partial charge in [-0.05, 0) is 48.5 Å². The zero-order valence-electron chi connectivity index (χ0n) is 17.1. The molecule has 5 aromatic heterocycles. The second kappa shape index (κ2) is 6.52. The van der Waals surface area contributed by atoms with Crippen LogP contribution in [0, 0.1) is 0 Å². The highest BCUT2D eigenvalue weighted by Crippen LogP contribution is 2.37. The molecule has 0 saturated heterocycles. The fourth-order valence-electron chi connectivity index (χ4n) is 4.84. The smallest absolute Gasteiger partial charge is 0.0978 e. The predicted molar refractivity (Wildman–Crippen MR) is 129 cm³/mol. The van der Waals surface area contributed by atoms with Crippen molar-refractivity contribution in [3.05, 3.63) is 91.3 Å². The van der Waals surface area contributed by atoms with E-state index in [1.54, 1.807) is 0 Å². The van der Waals surface area contributed by atoms with Crippen molar-refractivity contribution < 1.29 is 0 Å². The maximum Gasteiger partial charge on any atom is 0.0978 e. The topological polar surface area (TPSA) is 60.6 Å². The Balaban J connectivity index is 1.53. The number of fused-ring (bicyclic) bond motifs is 6. The first-order valence-electron chi connectivity index (χ1n) is 10.6. The highest BCUT2D eigenvalue weighted by molar-refractivity contribution is 6.06. The van der Waals surface area contributed by atoms with Crippen LogP contribution < -0.4 is 5.32 Å². The lowest BCUT2D eigenvalue weighted by atomic mass is 10.2. The van der Waals surface area contributed by atoms with Gasteiger partial charge in [0.05, 0.1) is 33.4 Å². The van der Waals surface area contributed by atoms with Crippen LogP contribution in [0.3, 0.4) is 0 Å². The summed E-state index contributed by atoms with van der Waals surface area (Å²) in [5.41, 5.74) is 8.71. The monoisotopic (exact) mass is 414 g/mol. The van der Waals surface area contributed by atoms with Crippen molar-refractivity contribution in [1.29, 1.82) is 0 Å². The molecule has 6 heterocycles. The summed E-state index contributed by atoms with van der Waals surface area (Å²) in [6.07, 6.45) is 13.7. The largest absolute Gasteiger partial charge is 0.379 e. The van der Waals surface area contributed by atoms with Crippen LogP contribution >= 0.6 is 0 Å². The molecule has 1 N–H and O–H groups in total. The molecule has 1 aliphatic heterocycles. The Kier molecular flexibility index (Phi) is 3.52. The first-order valence-corrected chi connectivity index (χ1v) is 10.6. The van der Waals surface area contributed by atoms with E-state index in [4.69, 9.17) is 0 Å². The molecule has 6 aromatic rings. The van der Waals surface area contributed by atoms with Crippen molar-refractivity contribution in [1.82, 2.24) is 24.1 Å². The third-order valence-corrected chi connectivity index (χ3v) is 6.15. The predicted octanol–water partition coefficient (Wildman–Crippen LogP) is 5.35. The summed E-state index contributed by atoms with van der Waals surface area (Å²) >= 11 is 0. The minimum Gasteiger partial charge on any atom is -0.379 e. The van der Waals surface area contributed by atoms with Crippen molar-refractivity contribution in [3.63, 3.8) is 0 Å². The van der Waals surface area contributed by atoms with Gasteiger partial charge >= 0.3 is 0 Å². The van der Waals surface area contributed by atoms with Crippen molar-refractivity contribution in [2.75, 3.05) is 11.9 Å². The van der Waals surface area contributed by atoms with Crippen molar-refractivity contribution >= 4 is 44.6 Å². The van der Waals surface area contributed by atoms with E-state index in [1.807, 2.05) is 37.1 Å². The van der Waals surface area contributed by atoms with Gasteiger partial charge in [0.1, 0.15) is 0 Å². The highest BCUT2D eigenvalue weighted by Gasteiger charge is 2.19. The number of aromatic nitrogens is 5. The Bertz CT molecular complexity index is 1630. The second-order valence-electron chi connectivity index (χ2n) is 7.89. The van der Waals surface area contributed by atoms with E-state index in [-0.39, 0.29) is 0 Å². The maximum absolute atomic E-state index is 4.64. The molecule has 6 heteroatoms. The van der Waals surface area contributed by atoms with Gasteiger partial charge in [-0.3, -0.25) is 15.0 Å². The van der Waals surface area contributed by atoms with Gasteiger partial charge in [-0.1, -0.05) is 12.1 Å². The number of nitrogens with one attached hydrogen (secondary N) is 1. The first-order chi connectivity index (χ1) is 15.9. The summed E-state index contributed by atoms with van der Waals surface area (Å²) in [6.45, 7) is 0.823. The van der Waals surface area contributed by atoms with Gasteiger partial charge in [0.2, 0.25) is 0 Å². The lowest BCUT2D eigenvalue weighted by molar-refractivity contribution is 1.08. The SMILES string of the molecule is C1=Cc2c(c3cnccc3n2-c2cccc(-n3c4ccncc4c4ncccc43)c2)NC1. The summed E-state index contributed by atoms with van der Waals surface area (Å²) in [6, 6.07) is 16.9. The normalized spacial score (nSPS) is 13.0. The Morgan fingerprint density at radius 2 is 1.53 bits per heavy atom. The van der Waals surface area contributed by atoms with Gasteiger partial charge in [-0.15, -0.1) is 0 Å². The van der Waals surface area contributed by atoms with Crippen LogP contribution in [0.4, 0.5) is 5.69 Å². The van der Waals surface area contributed by atoms with Crippen LogP contribution in [0.15, 0.2) is 85.6 Å². The molecular formula is C26H18N6. The minimum absolute atomic E-state index is 0.823. The lowest BCUT2D eigenvalue weighted by Crippen LogP contribution is -2.06. The molecule has 0 bridgehead atoms. The van der Waals surface area contributed by atoms with Crippen molar-refractivity contribution in [2.45, 2.75) is 0 Å². The number of nitrogens with zero attached hydrogens (tertiary/aromatic N) is 5. The van der Waals surface area contributed by atoms with Crippen LogP contribution in [0.5, 0.6) is 0 Å². The van der Waals surface area contributed by atoms with E-state index in [2.05, 4.69) is 84.0 Å². The number of benzene rings is 1. The molecule has 0 atom stereocenters. The summed E-state index contributed by atoms with van der Waals surface area (Å²) in [7, 11) is 0. The second-order valence-corrected chi connectivity index (χ2v) is 7.89. The van der Waals surface area contributed by atoms with Crippen LogP contribution in [-0.2, 0) is 0 Å². The fourth-order valence-corrected chi connectivity index (χ4v) is 4.84. The van der Waals surface area contributed by atoms with Gasteiger partial charge in [0.25, 0.3) is 0 Å². The summed E-state index contributed by atoms with van der Waals surface area (Å²) < 4.78 is 4.56.